The summed E-state index contributed by atoms with van der Waals surface area (Å²) in [7, 11) is 0. The topological polar surface area (TPSA) is 9.23 Å². The summed E-state index contributed by atoms with van der Waals surface area (Å²) in [4.78, 5) is 0. The Balaban J connectivity index is 1.60. The second-order valence-corrected chi connectivity index (χ2v) is 8.01. The van der Waals surface area contributed by atoms with E-state index in [0.29, 0.717) is 13.0 Å². The first-order valence-corrected chi connectivity index (χ1v) is 11.3. The molecular weight excluding hydrogens is 395 g/mol. The first-order valence-electron chi connectivity index (χ1n) is 10.9. The summed E-state index contributed by atoms with van der Waals surface area (Å²) in [6.07, 6.45) is 6.45. The van der Waals surface area contributed by atoms with Crippen molar-refractivity contribution in [1.29, 1.82) is 0 Å². The van der Waals surface area contributed by atoms with E-state index < -0.39 is 5.82 Å². The number of hydrogen-bond acceptors (Lipinski definition) is 1. The highest BCUT2D eigenvalue weighted by Crippen LogP contribution is 2.29. The summed E-state index contributed by atoms with van der Waals surface area (Å²) in [6.45, 7) is 4.48. The monoisotopic (exact) mass is 424 g/mol. The van der Waals surface area contributed by atoms with Gasteiger partial charge in [-0.25, -0.2) is 4.39 Å². The Morgan fingerprint density at radius 1 is 0.733 bits per heavy atom. The zero-order valence-corrected chi connectivity index (χ0v) is 18.6. The Kier molecular flexibility index (Phi) is 8.33. The third-order valence-electron chi connectivity index (χ3n) is 5.42. The van der Waals surface area contributed by atoms with Gasteiger partial charge < -0.3 is 4.74 Å². The highest BCUT2D eigenvalue weighted by Gasteiger charge is 2.12. The largest absolute Gasteiger partial charge is 0.491 e. The zero-order valence-electron chi connectivity index (χ0n) is 17.9. The van der Waals surface area contributed by atoms with Crippen LogP contribution in [0.5, 0.6) is 5.75 Å². The second kappa shape index (κ2) is 11.2. The molecule has 0 fully saturated rings. The fourth-order valence-corrected chi connectivity index (χ4v) is 3.87. The first kappa shape index (κ1) is 22.4. The quantitative estimate of drug-likeness (QED) is 0.299. The van der Waals surface area contributed by atoms with Crippen LogP contribution in [0.3, 0.4) is 0 Å². The molecule has 0 heterocycles. The molecule has 0 aliphatic carbocycles. The maximum absolute atomic E-state index is 14.3. The van der Waals surface area contributed by atoms with E-state index in [9.17, 15) is 4.39 Å². The molecule has 3 rings (SSSR count). The van der Waals surface area contributed by atoms with Crippen LogP contribution < -0.4 is 4.74 Å². The van der Waals surface area contributed by atoms with E-state index in [1.165, 1.54) is 41.5 Å². The number of aryl methyl sites for hydroxylation is 3. The van der Waals surface area contributed by atoms with Gasteiger partial charge in [-0.05, 0) is 66.5 Å². The van der Waals surface area contributed by atoms with Crippen LogP contribution in [-0.4, -0.2) is 6.61 Å². The van der Waals surface area contributed by atoms with Gasteiger partial charge in [0, 0.05) is 0 Å². The minimum Gasteiger partial charge on any atom is -0.491 e. The fraction of sp³-hybridized carbons (Fsp3) is 0.333. The standard InChI is InChI=1S/C27H30ClFO/c1-3-5-6-7-20-8-13-22(14-9-20)23-15-10-21(11-16-23)12-17-24-18-19-25(30-4-2)27(29)26(24)28/h8-11,13-16,18-19H,3-7,12,17H2,1-2H3. The lowest BCUT2D eigenvalue weighted by Gasteiger charge is -2.10. The molecule has 0 aromatic heterocycles. The molecule has 30 heavy (non-hydrogen) atoms. The van der Waals surface area contributed by atoms with Gasteiger partial charge >= 0.3 is 0 Å². The van der Waals surface area contributed by atoms with Gasteiger partial charge in [0.15, 0.2) is 11.6 Å². The van der Waals surface area contributed by atoms with E-state index in [1.807, 2.05) is 13.0 Å². The molecule has 0 spiro atoms. The second-order valence-electron chi connectivity index (χ2n) is 7.63. The molecule has 158 valence electrons. The average molecular weight is 425 g/mol. The molecule has 1 nitrogen and oxygen atoms in total. The van der Waals surface area contributed by atoms with Crippen molar-refractivity contribution in [2.24, 2.45) is 0 Å². The van der Waals surface area contributed by atoms with Crippen molar-refractivity contribution in [3.05, 3.63) is 88.2 Å². The van der Waals surface area contributed by atoms with Gasteiger partial charge in [-0.3, -0.25) is 0 Å². The molecule has 0 aliphatic rings. The van der Waals surface area contributed by atoms with Crippen LogP contribution >= 0.6 is 11.6 Å². The molecule has 0 saturated heterocycles. The maximum Gasteiger partial charge on any atom is 0.183 e. The molecule has 0 N–H and O–H groups in total. The predicted molar refractivity (Wildman–Crippen MR) is 125 cm³/mol. The van der Waals surface area contributed by atoms with Gasteiger partial charge in [-0.2, -0.15) is 0 Å². The summed E-state index contributed by atoms with van der Waals surface area (Å²) < 4.78 is 19.5. The minimum atomic E-state index is -0.468. The van der Waals surface area contributed by atoms with Gasteiger partial charge in [-0.1, -0.05) is 86.0 Å². The lowest BCUT2D eigenvalue weighted by molar-refractivity contribution is 0.321. The first-order chi connectivity index (χ1) is 14.6. The van der Waals surface area contributed by atoms with Crippen molar-refractivity contribution in [3.63, 3.8) is 0 Å². The maximum atomic E-state index is 14.3. The molecule has 0 bridgehead atoms. The van der Waals surface area contributed by atoms with Crippen LogP contribution in [0.25, 0.3) is 11.1 Å². The summed E-state index contributed by atoms with van der Waals surface area (Å²) in [5.41, 5.74) is 5.87. The van der Waals surface area contributed by atoms with Gasteiger partial charge in [0.05, 0.1) is 11.6 Å². The zero-order chi connectivity index (χ0) is 21.3. The smallest absolute Gasteiger partial charge is 0.183 e. The van der Waals surface area contributed by atoms with Crippen molar-refractivity contribution in [3.8, 4) is 16.9 Å². The number of unbranched alkanes of at least 4 members (excludes halogenated alkanes) is 2. The van der Waals surface area contributed by atoms with Crippen LogP contribution in [-0.2, 0) is 19.3 Å². The van der Waals surface area contributed by atoms with Gasteiger partial charge in [-0.15, -0.1) is 0 Å². The average Bonchev–Trinajstić information content (AvgIpc) is 2.78. The number of benzene rings is 3. The van der Waals surface area contributed by atoms with E-state index in [1.54, 1.807) is 6.07 Å². The number of halogens is 2. The van der Waals surface area contributed by atoms with Gasteiger partial charge in [0.25, 0.3) is 0 Å². The van der Waals surface area contributed by atoms with E-state index >= 15 is 0 Å². The summed E-state index contributed by atoms with van der Waals surface area (Å²) in [5, 5.41) is 0.164. The van der Waals surface area contributed by atoms with Crippen molar-refractivity contribution in [1.82, 2.24) is 0 Å². The van der Waals surface area contributed by atoms with Crippen molar-refractivity contribution in [2.45, 2.75) is 52.4 Å². The van der Waals surface area contributed by atoms with E-state index in [2.05, 4.69) is 55.5 Å². The Morgan fingerprint density at radius 2 is 1.33 bits per heavy atom. The molecule has 0 unspecified atom stereocenters. The van der Waals surface area contributed by atoms with Crippen LogP contribution in [0.4, 0.5) is 4.39 Å². The van der Waals surface area contributed by atoms with Crippen molar-refractivity contribution >= 4 is 11.6 Å². The Morgan fingerprint density at radius 3 is 1.90 bits per heavy atom. The summed E-state index contributed by atoms with van der Waals surface area (Å²) in [6, 6.07) is 21.0. The normalized spacial score (nSPS) is 10.9. The van der Waals surface area contributed by atoms with Crippen LogP contribution in [0, 0.1) is 5.82 Å². The SMILES string of the molecule is CCCCCc1ccc(-c2ccc(CCc3ccc(OCC)c(F)c3Cl)cc2)cc1. The molecule has 0 radical (unpaired) electrons. The van der Waals surface area contributed by atoms with Crippen LogP contribution in [0.2, 0.25) is 5.02 Å². The van der Waals surface area contributed by atoms with Crippen molar-refractivity contribution in [2.75, 3.05) is 6.61 Å². The van der Waals surface area contributed by atoms with E-state index in [-0.39, 0.29) is 10.8 Å². The summed E-state index contributed by atoms with van der Waals surface area (Å²) >= 11 is 6.20. The van der Waals surface area contributed by atoms with Gasteiger partial charge in [0.2, 0.25) is 0 Å². The lowest BCUT2D eigenvalue weighted by atomic mass is 9.98. The highest BCUT2D eigenvalue weighted by atomic mass is 35.5. The number of hydrogen-bond donors (Lipinski definition) is 0. The van der Waals surface area contributed by atoms with Gasteiger partial charge in [0.1, 0.15) is 0 Å². The molecule has 3 heteroatoms. The predicted octanol–water partition coefficient (Wildman–Crippen LogP) is 8.06. The van der Waals surface area contributed by atoms with E-state index in [0.717, 1.165) is 18.4 Å². The van der Waals surface area contributed by atoms with Crippen LogP contribution in [0.15, 0.2) is 60.7 Å². The minimum absolute atomic E-state index is 0.164. The molecule has 3 aromatic rings. The van der Waals surface area contributed by atoms with E-state index in [4.69, 9.17) is 16.3 Å². The number of ether oxygens (including phenoxy) is 1. The molecule has 0 atom stereocenters. The summed E-state index contributed by atoms with van der Waals surface area (Å²) in [5.74, 6) is -0.253. The van der Waals surface area contributed by atoms with Crippen LogP contribution in [0.1, 0.15) is 49.8 Å². The number of rotatable bonds is 10. The third kappa shape index (κ3) is 5.86. The lowest BCUT2D eigenvalue weighted by Crippen LogP contribution is -1.99. The fourth-order valence-electron chi connectivity index (χ4n) is 3.62. The Hall–Kier alpha value is -2.32. The molecule has 0 aliphatic heterocycles. The third-order valence-corrected chi connectivity index (χ3v) is 5.83. The molecular formula is C27H30ClFO. The molecule has 0 saturated carbocycles. The van der Waals surface area contributed by atoms with Crippen molar-refractivity contribution < 1.29 is 9.13 Å². The Bertz CT molecular complexity index is 932. The Labute approximate surface area is 184 Å². The molecule has 0 amide bonds. The highest BCUT2D eigenvalue weighted by molar-refractivity contribution is 6.31. The molecule has 3 aromatic carbocycles.